The highest BCUT2D eigenvalue weighted by molar-refractivity contribution is 7.89. The number of aryl methyl sites for hydroxylation is 1. The zero-order valence-corrected chi connectivity index (χ0v) is 18.9. The van der Waals surface area contributed by atoms with E-state index in [2.05, 4.69) is 5.32 Å². The highest BCUT2D eigenvalue weighted by atomic mass is 32.2. The lowest BCUT2D eigenvalue weighted by atomic mass is 10.1. The maximum Gasteiger partial charge on any atom is 0.265 e. The second-order valence-corrected chi connectivity index (χ2v) is 9.67. The molecule has 0 bridgehead atoms. The van der Waals surface area contributed by atoms with Gasteiger partial charge in [-0.15, -0.1) is 0 Å². The van der Waals surface area contributed by atoms with Gasteiger partial charge in [0.1, 0.15) is 11.5 Å². The van der Waals surface area contributed by atoms with E-state index in [0.29, 0.717) is 28.3 Å². The van der Waals surface area contributed by atoms with Crippen molar-refractivity contribution in [2.24, 2.45) is 0 Å². The fourth-order valence-corrected chi connectivity index (χ4v) is 5.53. The number of hydrogen-bond acceptors (Lipinski definition) is 6. The molecule has 1 N–H and O–H groups in total. The van der Waals surface area contributed by atoms with Crippen LogP contribution in [0.25, 0.3) is 0 Å². The van der Waals surface area contributed by atoms with Crippen LogP contribution in [-0.4, -0.2) is 68.8 Å². The zero-order chi connectivity index (χ0) is 23.0. The highest BCUT2D eigenvalue weighted by Gasteiger charge is 2.34. The smallest absolute Gasteiger partial charge is 0.265 e. The molecule has 32 heavy (non-hydrogen) atoms. The molecule has 0 saturated carbocycles. The molecule has 0 aromatic heterocycles. The first-order valence-corrected chi connectivity index (χ1v) is 11.7. The molecule has 2 aromatic carbocycles. The predicted molar refractivity (Wildman–Crippen MR) is 118 cm³/mol. The molecule has 4 rings (SSSR count). The van der Waals surface area contributed by atoms with Crippen molar-refractivity contribution < 1.29 is 27.5 Å². The molecular formula is C22H25N3O6S. The third kappa shape index (κ3) is 3.91. The molecule has 0 aliphatic carbocycles. The van der Waals surface area contributed by atoms with Crippen molar-refractivity contribution in [3.05, 3.63) is 47.5 Å². The standard InChI is InChI=1S/C22H25N3O6S/c1-14-12-17-19(31-15(2)21(26)23-17)13-20(14)32(28,29)25-10-8-24(9-11-25)22(27)16-6-4-5-7-18(16)30-3/h4-7,12-13,15H,8-11H2,1-3H3,(H,23,26)/t15-/m1/s1. The van der Waals surface area contributed by atoms with Crippen molar-refractivity contribution in [2.45, 2.75) is 24.8 Å². The molecule has 0 spiro atoms. The number of carbonyl (C=O) groups excluding carboxylic acids is 2. The summed E-state index contributed by atoms with van der Waals surface area (Å²) in [5, 5.41) is 2.73. The Labute approximate surface area is 187 Å². The lowest BCUT2D eigenvalue weighted by Gasteiger charge is -2.34. The van der Waals surface area contributed by atoms with E-state index >= 15 is 0 Å². The molecule has 2 aliphatic rings. The van der Waals surface area contributed by atoms with Crippen LogP contribution in [0.1, 0.15) is 22.8 Å². The second kappa shape index (κ2) is 8.44. The van der Waals surface area contributed by atoms with E-state index in [1.807, 2.05) is 0 Å². The van der Waals surface area contributed by atoms with Crippen molar-refractivity contribution in [1.29, 1.82) is 0 Å². The number of anilines is 1. The summed E-state index contributed by atoms with van der Waals surface area (Å²) in [6, 6.07) is 10.0. The van der Waals surface area contributed by atoms with Crippen molar-refractivity contribution in [2.75, 3.05) is 38.6 Å². The Morgan fingerprint density at radius 2 is 1.84 bits per heavy atom. The SMILES string of the molecule is COc1ccccc1C(=O)N1CCN(S(=O)(=O)c2cc3c(cc2C)NC(=O)[C@@H](C)O3)CC1. The number of nitrogens with one attached hydrogen (secondary N) is 1. The van der Waals surface area contributed by atoms with Gasteiger partial charge in [-0.05, 0) is 37.6 Å². The molecule has 1 fully saturated rings. The van der Waals surface area contributed by atoms with Crippen molar-refractivity contribution in [1.82, 2.24) is 9.21 Å². The molecular weight excluding hydrogens is 434 g/mol. The third-order valence-corrected chi connectivity index (χ3v) is 7.73. The highest BCUT2D eigenvalue weighted by Crippen LogP contribution is 2.35. The van der Waals surface area contributed by atoms with Gasteiger partial charge in [0.25, 0.3) is 11.8 Å². The average molecular weight is 460 g/mol. The van der Waals surface area contributed by atoms with Gasteiger partial charge in [0.2, 0.25) is 10.0 Å². The molecule has 1 saturated heterocycles. The van der Waals surface area contributed by atoms with Gasteiger partial charge < -0.3 is 19.7 Å². The van der Waals surface area contributed by atoms with Gasteiger partial charge in [0, 0.05) is 32.2 Å². The van der Waals surface area contributed by atoms with Crippen LogP contribution in [0.3, 0.4) is 0 Å². The van der Waals surface area contributed by atoms with Crippen LogP contribution in [0, 0.1) is 6.92 Å². The van der Waals surface area contributed by atoms with Crippen LogP contribution in [0.2, 0.25) is 0 Å². The molecule has 170 valence electrons. The summed E-state index contributed by atoms with van der Waals surface area (Å²) >= 11 is 0. The van der Waals surface area contributed by atoms with Crippen LogP contribution in [0.5, 0.6) is 11.5 Å². The summed E-state index contributed by atoms with van der Waals surface area (Å²) < 4.78 is 38.9. The van der Waals surface area contributed by atoms with Gasteiger partial charge in [0.05, 0.1) is 23.3 Å². The van der Waals surface area contributed by atoms with Crippen LogP contribution in [-0.2, 0) is 14.8 Å². The first-order chi connectivity index (χ1) is 15.2. The Balaban J connectivity index is 1.52. The minimum Gasteiger partial charge on any atom is -0.496 e. The molecule has 10 heteroatoms. The first-order valence-electron chi connectivity index (χ1n) is 10.3. The van der Waals surface area contributed by atoms with E-state index in [1.54, 1.807) is 49.1 Å². The van der Waals surface area contributed by atoms with Gasteiger partial charge in [-0.1, -0.05) is 12.1 Å². The molecule has 2 aliphatic heterocycles. The number of carbonyl (C=O) groups is 2. The summed E-state index contributed by atoms with van der Waals surface area (Å²) in [6.45, 7) is 4.16. The fraction of sp³-hybridized carbons (Fsp3) is 0.364. The normalized spacial score (nSPS) is 19.0. The minimum atomic E-state index is -3.81. The summed E-state index contributed by atoms with van der Waals surface area (Å²) in [4.78, 5) is 26.5. The lowest BCUT2D eigenvalue weighted by Crippen LogP contribution is -2.50. The Morgan fingerprint density at radius 1 is 1.16 bits per heavy atom. The van der Waals surface area contributed by atoms with Crippen LogP contribution in [0.15, 0.2) is 41.3 Å². The van der Waals surface area contributed by atoms with E-state index in [0.717, 1.165) is 0 Å². The monoisotopic (exact) mass is 459 g/mol. The van der Waals surface area contributed by atoms with Crippen molar-refractivity contribution in [3.8, 4) is 11.5 Å². The largest absolute Gasteiger partial charge is 0.496 e. The Morgan fingerprint density at radius 3 is 2.53 bits per heavy atom. The number of ether oxygens (including phenoxy) is 2. The quantitative estimate of drug-likeness (QED) is 0.748. The molecule has 9 nitrogen and oxygen atoms in total. The first kappa shape index (κ1) is 22.1. The molecule has 0 radical (unpaired) electrons. The maximum absolute atomic E-state index is 13.3. The number of methoxy groups -OCH3 is 1. The van der Waals surface area contributed by atoms with E-state index < -0.39 is 16.1 Å². The van der Waals surface area contributed by atoms with Crippen LogP contribution in [0.4, 0.5) is 5.69 Å². The van der Waals surface area contributed by atoms with Crippen molar-refractivity contribution in [3.63, 3.8) is 0 Å². The predicted octanol–water partition coefficient (Wildman–Crippen LogP) is 1.87. The molecule has 2 heterocycles. The zero-order valence-electron chi connectivity index (χ0n) is 18.1. The average Bonchev–Trinajstić information content (AvgIpc) is 2.79. The van der Waals surface area contributed by atoms with Gasteiger partial charge in [-0.2, -0.15) is 4.31 Å². The van der Waals surface area contributed by atoms with Gasteiger partial charge in [-0.25, -0.2) is 8.42 Å². The van der Waals surface area contributed by atoms with E-state index in [9.17, 15) is 18.0 Å². The number of rotatable bonds is 4. The Bertz CT molecular complexity index is 1170. The molecule has 0 unspecified atom stereocenters. The number of amides is 2. The Hall–Kier alpha value is -3.11. The molecule has 2 amide bonds. The number of sulfonamides is 1. The van der Waals surface area contributed by atoms with Crippen LogP contribution < -0.4 is 14.8 Å². The van der Waals surface area contributed by atoms with Gasteiger partial charge in [0.15, 0.2) is 6.10 Å². The minimum absolute atomic E-state index is 0.129. The third-order valence-electron chi connectivity index (χ3n) is 5.69. The summed E-state index contributed by atoms with van der Waals surface area (Å²) in [7, 11) is -2.30. The van der Waals surface area contributed by atoms with Crippen molar-refractivity contribution >= 4 is 27.5 Å². The topological polar surface area (TPSA) is 105 Å². The number of nitrogens with zero attached hydrogens (tertiary/aromatic N) is 2. The number of hydrogen-bond donors (Lipinski definition) is 1. The lowest BCUT2D eigenvalue weighted by molar-refractivity contribution is -0.122. The number of benzene rings is 2. The van der Waals surface area contributed by atoms with Gasteiger partial charge >= 0.3 is 0 Å². The van der Waals surface area contributed by atoms with E-state index in [1.165, 1.54) is 17.5 Å². The fourth-order valence-electron chi connectivity index (χ4n) is 3.88. The number of fused-ring (bicyclic) bond motifs is 1. The summed E-state index contributed by atoms with van der Waals surface area (Å²) in [5.74, 6) is 0.343. The summed E-state index contributed by atoms with van der Waals surface area (Å²) in [6.07, 6.45) is -0.703. The Kier molecular flexibility index (Phi) is 5.83. The second-order valence-electron chi connectivity index (χ2n) is 7.76. The summed E-state index contributed by atoms with van der Waals surface area (Å²) in [5.41, 5.74) is 1.41. The maximum atomic E-state index is 13.3. The van der Waals surface area contributed by atoms with E-state index in [-0.39, 0.29) is 42.9 Å². The number of para-hydroxylation sites is 1. The molecule has 2 aromatic rings. The molecule has 1 atom stereocenters. The van der Waals surface area contributed by atoms with Gasteiger partial charge in [-0.3, -0.25) is 9.59 Å². The van der Waals surface area contributed by atoms with E-state index in [4.69, 9.17) is 9.47 Å². The van der Waals surface area contributed by atoms with Crippen LogP contribution >= 0.6 is 0 Å². The number of piperazine rings is 1.